The predicted octanol–water partition coefficient (Wildman–Crippen LogP) is -0.656. The molecule has 10 heteroatoms. The van der Waals surface area contributed by atoms with E-state index in [9.17, 15) is 24.0 Å². The van der Waals surface area contributed by atoms with Gasteiger partial charge in [0.05, 0.1) is 12.5 Å². The van der Waals surface area contributed by atoms with Gasteiger partial charge in [0.25, 0.3) is 11.8 Å². The smallest absolute Gasteiger partial charge is 0.333 e. The van der Waals surface area contributed by atoms with Crippen molar-refractivity contribution >= 4 is 29.7 Å². The number of hydrogen-bond donors (Lipinski definition) is 1. The second-order valence-electron chi connectivity index (χ2n) is 7.07. The number of nitrogens with one attached hydrogen (secondary N) is 1. The van der Waals surface area contributed by atoms with Crippen molar-refractivity contribution in [3.63, 3.8) is 0 Å². The van der Waals surface area contributed by atoms with Crippen LogP contribution >= 0.6 is 0 Å². The molecule has 0 aliphatic carbocycles. The Morgan fingerprint density at radius 2 is 1.80 bits per heavy atom. The molecule has 2 atom stereocenters. The van der Waals surface area contributed by atoms with Gasteiger partial charge in [0.15, 0.2) is 6.61 Å². The zero-order chi connectivity index (χ0) is 21.9. The lowest BCUT2D eigenvalue weighted by molar-refractivity contribution is -0.204. The van der Waals surface area contributed by atoms with Gasteiger partial charge in [-0.2, -0.15) is 0 Å². The molecule has 1 aromatic carbocycles. The van der Waals surface area contributed by atoms with E-state index in [0.717, 1.165) is 17.7 Å². The summed E-state index contributed by atoms with van der Waals surface area (Å²) in [4.78, 5) is 65.0. The van der Waals surface area contributed by atoms with Gasteiger partial charge in [-0.15, -0.1) is 0 Å². The van der Waals surface area contributed by atoms with Crippen LogP contribution in [0.25, 0.3) is 0 Å². The number of carbonyl (C=O) groups is 5. The van der Waals surface area contributed by atoms with E-state index in [-0.39, 0.29) is 13.0 Å². The third kappa shape index (κ3) is 4.08. The molecule has 10 nitrogen and oxygen atoms in total. The second-order valence-corrected chi connectivity index (χ2v) is 7.07. The van der Waals surface area contributed by atoms with E-state index in [2.05, 4.69) is 5.32 Å². The molecule has 3 rings (SSSR count). The average Bonchev–Trinajstić information content (AvgIpc) is 3.02. The third-order valence-electron chi connectivity index (χ3n) is 4.79. The van der Waals surface area contributed by atoms with E-state index in [0.29, 0.717) is 4.90 Å². The van der Waals surface area contributed by atoms with Crippen LogP contribution in [0.1, 0.15) is 12.0 Å². The number of carbonyl (C=O) groups excluding carboxylic acids is 5. The minimum atomic E-state index is -2.45. The van der Waals surface area contributed by atoms with Crippen LogP contribution in [0.3, 0.4) is 0 Å². The van der Waals surface area contributed by atoms with Gasteiger partial charge < -0.3 is 14.8 Å². The molecule has 0 bridgehead atoms. The number of likely N-dealkylation sites (tertiary alicyclic amines) is 1. The molecule has 1 saturated heterocycles. The second kappa shape index (κ2) is 8.46. The maximum Gasteiger partial charge on any atom is 0.333 e. The Hall–Kier alpha value is -3.53. The van der Waals surface area contributed by atoms with Crippen molar-refractivity contribution in [3.05, 3.63) is 48.0 Å². The van der Waals surface area contributed by atoms with Gasteiger partial charge in [-0.3, -0.25) is 19.3 Å². The normalized spacial score (nSPS) is 25.4. The van der Waals surface area contributed by atoms with Crippen molar-refractivity contribution < 1.29 is 33.4 Å². The molecular weight excluding hydrogens is 394 g/mol. The first-order valence-corrected chi connectivity index (χ1v) is 9.18. The number of cyclic esters (lactones) is 2. The largest absolute Gasteiger partial charge is 0.455 e. The lowest BCUT2D eigenvalue weighted by atomic mass is 10.1. The zero-order valence-corrected chi connectivity index (χ0v) is 16.5. The first-order chi connectivity index (χ1) is 14.2. The number of ether oxygens (including phenoxy) is 2. The van der Waals surface area contributed by atoms with E-state index in [1.54, 1.807) is 44.4 Å². The molecule has 0 radical (unpaired) electrons. The molecule has 3 amide bonds. The number of hydrogen-bond acceptors (Lipinski definition) is 8. The van der Waals surface area contributed by atoms with Crippen molar-refractivity contribution in [2.75, 3.05) is 20.7 Å². The van der Waals surface area contributed by atoms with Crippen molar-refractivity contribution in [1.29, 1.82) is 0 Å². The maximum absolute atomic E-state index is 13.2. The monoisotopic (exact) mass is 415 g/mol. The van der Waals surface area contributed by atoms with Gasteiger partial charge >= 0.3 is 17.7 Å². The Morgan fingerprint density at radius 1 is 1.13 bits per heavy atom. The summed E-state index contributed by atoms with van der Waals surface area (Å²) in [6, 6.07) is 8.02. The van der Waals surface area contributed by atoms with Crippen molar-refractivity contribution in [2.45, 2.75) is 24.7 Å². The molecule has 158 valence electrons. The van der Waals surface area contributed by atoms with Crippen LogP contribution in [0.5, 0.6) is 0 Å². The molecule has 0 spiro atoms. The highest BCUT2D eigenvalue weighted by molar-refractivity contribution is 6.10. The fourth-order valence-electron chi connectivity index (χ4n) is 3.22. The van der Waals surface area contributed by atoms with Crippen molar-refractivity contribution in [3.8, 4) is 0 Å². The van der Waals surface area contributed by atoms with Gasteiger partial charge in [0.2, 0.25) is 5.91 Å². The van der Waals surface area contributed by atoms with E-state index in [4.69, 9.17) is 9.47 Å². The van der Waals surface area contributed by atoms with E-state index < -0.39 is 48.0 Å². The first kappa shape index (κ1) is 21.2. The minimum absolute atomic E-state index is 0.0378. The summed E-state index contributed by atoms with van der Waals surface area (Å²) >= 11 is 0. The molecule has 2 aliphatic rings. The highest BCUT2D eigenvalue weighted by Crippen LogP contribution is 2.29. The van der Waals surface area contributed by atoms with E-state index >= 15 is 0 Å². The van der Waals surface area contributed by atoms with Crippen molar-refractivity contribution in [1.82, 2.24) is 15.1 Å². The lowest BCUT2D eigenvalue weighted by Gasteiger charge is -2.37. The summed E-state index contributed by atoms with van der Waals surface area (Å²) in [5.74, 6) is -4.37. The molecule has 2 heterocycles. The third-order valence-corrected chi connectivity index (χ3v) is 4.79. The van der Waals surface area contributed by atoms with E-state index in [1.807, 2.05) is 0 Å². The Morgan fingerprint density at radius 3 is 2.43 bits per heavy atom. The Kier molecular flexibility index (Phi) is 5.97. The molecule has 1 aromatic rings. The average molecular weight is 415 g/mol. The van der Waals surface area contributed by atoms with Crippen LogP contribution in [-0.2, 0) is 40.0 Å². The quantitative estimate of drug-likeness (QED) is 0.497. The van der Waals surface area contributed by atoms with Crippen LogP contribution < -0.4 is 5.32 Å². The summed E-state index contributed by atoms with van der Waals surface area (Å²) in [6.45, 7) is -0.781. The lowest BCUT2D eigenvalue weighted by Crippen LogP contribution is -2.66. The van der Waals surface area contributed by atoms with Gasteiger partial charge in [0.1, 0.15) is 0 Å². The number of nitrogens with zero attached hydrogens (tertiary/aromatic N) is 2. The summed E-state index contributed by atoms with van der Waals surface area (Å²) in [5.41, 5.74) is -1.72. The number of benzene rings is 1. The SMILES string of the molecule is CN(C)C1CC(=O)N(C2(C(=O)NCc3ccccc3)COC(=O)/C=C/C(=O)O2)C1=O. The highest BCUT2D eigenvalue weighted by atomic mass is 16.6. The minimum Gasteiger partial charge on any atom is -0.455 e. The fourth-order valence-corrected chi connectivity index (χ4v) is 3.22. The van der Waals surface area contributed by atoms with Crippen LogP contribution in [0.2, 0.25) is 0 Å². The van der Waals surface area contributed by atoms with Crippen LogP contribution in [0.15, 0.2) is 42.5 Å². The molecule has 1 fully saturated rings. The zero-order valence-electron chi connectivity index (χ0n) is 16.5. The molecule has 30 heavy (non-hydrogen) atoms. The number of imide groups is 1. The van der Waals surface area contributed by atoms with Crippen LogP contribution in [0.4, 0.5) is 0 Å². The Balaban J connectivity index is 1.98. The number of rotatable bonds is 5. The first-order valence-electron chi connectivity index (χ1n) is 9.18. The number of amides is 3. The summed E-state index contributed by atoms with van der Waals surface area (Å²) < 4.78 is 10.3. The molecule has 0 saturated carbocycles. The van der Waals surface area contributed by atoms with Crippen LogP contribution in [-0.4, -0.2) is 71.9 Å². The summed E-state index contributed by atoms with van der Waals surface area (Å²) in [6.07, 6.45) is 1.40. The fraction of sp³-hybridized carbons (Fsp3) is 0.350. The molecular formula is C20H21N3O7. The predicted molar refractivity (Wildman–Crippen MR) is 101 cm³/mol. The maximum atomic E-state index is 13.2. The standard InChI is InChI=1S/C20H21N3O7/c1-22(2)14-10-15(24)23(18(14)27)20(12-29-16(25)8-9-17(26)30-20)19(28)21-11-13-6-4-3-5-7-13/h3-9,14H,10-12H2,1-2H3,(H,21,28)/b9-8+. The number of esters is 2. The van der Waals surface area contributed by atoms with Gasteiger partial charge in [-0.05, 0) is 19.7 Å². The molecule has 2 aliphatic heterocycles. The van der Waals surface area contributed by atoms with Gasteiger partial charge in [-0.25, -0.2) is 14.5 Å². The highest BCUT2D eigenvalue weighted by Gasteiger charge is 2.59. The van der Waals surface area contributed by atoms with Crippen LogP contribution in [0, 0.1) is 0 Å². The summed E-state index contributed by atoms with van der Waals surface area (Å²) in [7, 11) is 3.21. The molecule has 0 aromatic heterocycles. The molecule has 1 N–H and O–H groups in total. The number of likely N-dealkylation sites (N-methyl/N-ethyl adjacent to an activating group) is 1. The molecule has 2 unspecified atom stereocenters. The topological polar surface area (TPSA) is 122 Å². The Labute approximate surface area is 172 Å². The summed E-state index contributed by atoms with van der Waals surface area (Å²) in [5, 5.41) is 2.56. The Bertz CT molecular complexity index is 912. The van der Waals surface area contributed by atoms with Crippen molar-refractivity contribution in [2.24, 2.45) is 0 Å². The van der Waals surface area contributed by atoms with Gasteiger partial charge in [0, 0.05) is 18.7 Å². The van der Waals surface area contributed by atoms with E-state index in [1.165, 1.54) is 4.90 Å². The van der Waals surface area contributed by atoms with Gasteiger partial charge in [-0.1, -0.05) is 30.3 Å².